The molecule has 0 spiro atoms. The third kappa shape index (κ3) is 5.37. The summed E-state index contributed by atoms with van der Waals surface area (Å²) in [6, 6.07) is 8.32. The van der Waals surface area contributed by atoms with Crippen molar-refractivity contribution in [3.05, 3.63) is 71.8 Å². The van der Waals surface area contributed by atoms with Crippen molar-refractivity contribution < 1.29 is 18.6 Å². The van der Waals surface area contributed by atoms with E-state index in [0.717, 1.165) is 29.7 Å². The predicted octanol–water partition coefficient (Wildman–Crippen LogP) is 3.24. The zero-order valence-corrected chi connectivity index (χ0v) is 20.9. The molecule has 0 saturated carbocycles. The van der Waals surface area contributed by atoms with Crippen molar-refractivity contribution in [1.29, 1.82) is 0 Å². The Bertz CT molecular complexity index is 1400. The number of morpholine rings is 1. The average molecular weight is 522 g/mol. The molecule has 2 N–H and O–H groups in total. The number of likely N-dealkylation sites (tertiary alicyclic amines) is 1. The highest BCUT2D eigenvalue weighted by molar-refractivity contribution is 5.78. The van der Waals surface area contributed by atoms with Crippen LogP contribution in [0, 0.1) is 11.6 Å². The molecule has 1 unspecified atom stereocenters. The van der Waals surface area contributed by atoms with E-state index in [9.17, 15) is 5.11 Å². The summed E-state index contributed by atoms with van der Waals surface area (Å²) in [5, 5.41) is 13.6. The molecule has 4 aromatic rings. The van der Waals surface area contributed by atoms with Gasteiger partial charge in [-0.15, -0.1) is 0 Å². The average Bonchev–Trinajstić information content (AvgIpc) is 3.53. The van der Waals surface area contributed by atoms with Crippen LogP contribution in [0.1, 0.15) is 17.7 Å². The molecule has 38 heavy (non-hydrogen) atoms. The molecule has 11 heteroatoms. The third-order valence-corrected chi connectivity index (χ3v) is 7.03. The van der Waals surface area contributed by atoms with Gasteiger partial charge >= 0.3 is 0 Å². The lowest BCUT2D eigenvalue weighted by atomic mass is 10.1. The summed E-state index contributed by atoms with van der Waals surface area (Å²) >= 11 is 0. The van der Waals surface area contributed by atoms with Crippen LogP contribution in [0.15, 0.2) is 48.9 Å². The number of hydrogen-bond acceptors (Lipinski definition) is 8. The first-order valence-electron chi connectivity index (χ1n) is 12.8. The Morgan fingerprint density at radius 2 is 1.79 bits per heavy atom. The number of pyridine rings is 1. The van der Waals surface area contributed by atoms with E-state index in [1.165, 1.54) is 12.1 Å². The van der Waals surface area contributed by atoms with Crippen LogP contribution in [-0.4, -0.2) is 79.9 Å². The fraction of sp³-hybridized carbons (Fsp3) is 0.370. The first kappa shape index (κ1) is 24.8. The van der Waals surface area contributed by atoms with E-state index in [1.807, 2.05) is 23.1 Å². The lowest BCUT2D eigenvalue weighted by Crippen LogP contribution is -2.36. The number of nitrogens with one attached hydrogen (secondary N) is 1. The first-order chi connectivity index (χ1) is 18.5. The van der Waals surface area contributed by atoms with Gasteiger partial charge in [-0.05, 0) is 36.8 Å². The SMILES string of the molecule is OC1CCN(Cc2ccc(Nc3ncc4ccn(-c5cc(F)c(CN6CCOCC6)c(F)c5)c4n3)cn2)C1. The van der Waals surface area contributed by atoms with Gasteiger partial charge in [0.15, 0.2) is 0 Å². The molecule has 0 amide bonds. The largest absolute Gasteiger partial charge is 0.392 e. The molecule has 2 saturated heterocycles. The van der Waals surface area contributed by atoms with E-state index in [0.29, 0.717) is 56.7 Å². The van der Waals surface area contributed by atoms with E-state index in [-0.39, 0.29) is 18.2 Å². The molecule has 1 atom stereocenters. The summed E-state index contributed by atoms with van der Waals surface area (Å²) in [4.78, 5) is 17.6. The summed E-state index contributed by atoms with van der Waals surface area (Å²) < 4.78 is 37.0. The zero-order chi connectivity index (χ0) is 26.1. The number of β-amino-alcohol motifs (C(OH)–C–C–N with tert-alkyl or cyclic N) is 1. The number of anilines is 2. The molecule has 6 rings (SSSR count). The summed E-state index contributed by atoms with van der Waals surface area (Å²) in [6.45, 7) is 4.85. The molecule has 2 fully saturated rings. The van der Waals surface area contributed by atoms with E-state index in [1.54, 1.807) is 23.2 Å². The Morgan fingerprint density at radius 3 is 2.50 bits per heavy atom. The van der Waals surface area contributed by atoms with Gasteiger partial charge in [-0.1, -0.05) is 0 Å². The highest BCUT2D eigenvalue weighted by atomic mass is 19.1. The van der Waals surface area contributed by atoms with Crippen LogP contribution in [0.5, 0.6) is 0 Å². The minimum atomic E-state index is -0.588. The van der Waals surface area contributed by atoms with Crippen LogP contribution in [0.3, 0.4) is 0 Å². The van der Waals surface area contributed by atoms with E-state index >= 15 is 8.78 Å². The molecule has 0 radical (unpaired) electrons. The highest BCUT2D eigenvalue weighted by Gasteiger charge is 2.21. The molecule has 1 aromatic carbocycles. The first-order valence-corrected chi connectivity index (χ1v) is 12.8. The maximum atomic E-state index is 15.0. The second-order valence-corrected chi connectivity index (χ2v) is 9.78. The van der Waals surface area contributed by atoms with Crippen LogP contribution in [0.2, 0.25) is 0 Å². The maximum Gasteiger partial charge on any atom is 0.229 e. The van der Waals surface area contributed by atoms with Crippen molar-refractivity contribution >= 4 is 22.7 Å². The number of rotatable bonds is 7. The standard InChI is InChI=1S/C27H29F2N7O2/c28-24-11-21(12-25(29)23(24)17-34-7-9-38-10-8-34)36-6-3-18-13-31-27(33-26(18)36)32-19-1-2-20(30-14-19)15-35-5-4-22(37)16-35/h1-3,6,11-14,22,37H,4-5,7-10,15-17H2,(H,31,32,33). The van der Waals surface area contributed by atoms with Crippen LogP contribution >= 0.6 is 0 Å². The molecule has 9 nitrogen and oxygen atoms in total. The highest BCUT2D eigenvalue weighted by Crippen LogP contribution is 2.25. The molecular weight excluding hydrogens is 492 g/mol. The van der Waals surface area contributed by atoms with Gasteiger partial charge in [0.1, 0.15) is 17.3 Å². The predicted molar refractivity (Wildman–Crippen MR) is 138 cm³/mol. The Kier molecular flexibility index (Phi) is 6.98. The van der Waals surface area contributed by atoms with Crippen molar-refractivity contribution in [2.45, 2.75) is 25.6 Å². The number of nitrogens with zero attached hydrogens (tertiary/aromatic N) is 6. The van der Waals surface area contributed by atoms with Crippen LogP contribution < -0.4 is 5.32 Å². The van der Waals surface area contributed by atoms with Crippen LogP contribution in [0.25, 0.3) is 16.7 Å². The number of hydrogen-bond donors (Lipinski definition) is 2. The minimum absolute atomic E-state index is 0.0564. The molecule has 0 bridgehead atoms. The third-order valence-electron chi connectivity index (χ3n) is 7.03. The van der Waals surface area contributed by atoms with Crippen LogP contribution in [0.4, 0.5) is 20.4 Å². The van der Waals surface area contributed by atoms with Crippen molar-refractivity contribution in [3.63, 3.8) is 0 Å². The fourth-order valence-electron chi connectivity index (χ4n) is 4.96. The molecular formula is C27H29F2N7O2. The summed E-state index contributed by atoms with van der Waals surface area (Å²) in [6.07, 6.45) is 5.64. The Hall–Kier alpha value is -3.51. The van der Waals surface area contributed by atoms with Gasteiger partial charge in [-0.25, -0.2) is 13.8 Å². The molecule has 0 aliphatic carbocycles. The van der Waals surface area contributed by atoms with Crippen molar-refractivity contribution in [2.75, 3.05) is 44.7 Å². The van der Waals surface area contributed by atoms with Gasteiger partial charge < -0.3 is 19.7 Å². The number of fused-ring (bicyclic) bond motifs is 1. The van der Waals surface area contributed by atoms with Gasteiger partial charge in [-0.2, -0.15) is 4.98 Å². The molecule has 198 valence electrons. The van der Waals surface area contributed by atoms with Crippen molar-refractivity contribution in [2.24, 2.45) is 0 Å². The lowest BCUT2D eigenvalue weighted by molar-refractivity contribution is 0.0332. The quantitative estimate of drug-likeness (QED) is 0.383. The smallest absolute Gasteiger partial charge is 0.229 e. The normalized spacial score (nSPS) is 18.9. The van der Waals surface area contributed by atoms with Crippen molar-refractivity contribution in [3.8, 4) is 5.69 Å². The zero-order valence-electron chi connectivity index (χ0n) is 20.9. The number of aliphatic hydroxyl groups is 1. The van der Waals surface area contributed by atoms with Crippen LogP contribution in [-0.2, 0) is 17.8 Å². The monoisotopic (exact) mass is 521 g/mol. The molecule has 5 heterocycles. The Balaban J connectivity index is 1.19. The number of aliphatic hydroxyl groups excluding tert-OH is 1. The van der Waals surface area contributed by atoms with E-state index < -0.39 is 11.6 Å². The molecule has 3 aromatic heterocycles. The topological polar surface area (TPSA) is 91.6 Å². The van der Waals surface area contributed by atoms with Gasteiger partial charge in [0.05, 0.1) is 42.6 Å². The van der Waals surface area contributed by atoms with E-state index in [2.05, 4.69) is 25.2 Å². The van der Waals surface area contributed by atoms with Gasteiger partial charge in [0.2, 0.25) is 5.95 Å². The number of halogens is 2. The number of ether oxygens (including phenoxy) is 1. The van der Waals surface area contributed by atoms with Gasteiger partial charge in [0.25, 0.3) is 0 Å². The number of benzene rings is 1. The molecule has 2 aliphatic rings. The second-order valence-electron chi connectivity index (χ2n) is 9.78. The number of aromatic nitrogens is 4. The minimum Gasteiger partial charge on any atom is -0.392 e. The fourth-order valence-corrected chi connectivity index (χ4v) is 4.96. The van der Waals surface area contributed by atoms with E-state index in [4.69, 9.17) is 4.74 Å². The summed E-state index contributed by atoms with van der Waals surface area (Å²) in [5.41, 5.74) is 2.57. The summed E-state index contributed by atoms with van der Waals surface area (Å²) in [7, 11) is 0. The second kappa shape index (κ2) is 10.7. The molecule has 2 aliphatic heterocycles. The Labute approximate surface area is 218 Å². The van der Waals surface area contributed by atoms with Crippen molar-refractivity contribution in [1.82, 2.24) is 29.3 Å². The van der Waals surface area contributed by atoms with Gasteiger partial charge in [0, 0.05) is 62.6 Å². The summed E-state index contributed by atoms with van der Waals surface area (Å²) in [5.74, 6) is -0.828. The maximum absolute atomic E-state index is 15.0. The Morgan fingerprint density at radius 1 is 0.974 bits per heavy atom. The lowest BCUT2D eigenvalue weighted by Gasteiger charge is -2.27. The van der Waals surface area contributed by atoms with Gasteiger partial charge in [-0.3, -0.25) is 14.8 Å².